The average molecular weight is 268 g/mol. The fourth-order valence-electron chi connectivity index (χ4n) is 1.86. The van der Waals surface area contributed by atoms with Gasteiger partial charge in [-0.1, -0.05) is 57.7 Å². The highest BCUT2D eigenvalue weighted by atomic mass is 79.9. The first-order valence-corrected chi connectivity index (χ1v) is 6.72. The van der Waals surface area contributed by atoms with Crippen LogP contribution in [0, 0.1) is 12.0 Å². The maximum atomic E-state index is 3.57. The first-order chi connectivity index (χ1) is 7.27. The fourth-order valence-corrected chi connectivity index (χ4v) is 2.29. The molecule has 1 aromatic rings. The van der Waals surface area contributed by atoms with Gasteiger partial charge >= 0.3 is 0 Å². The summed E-state index contributed by atoms with van der Waals surface area (Å²) in [5.41, 5.74) is 1.40. The molecule has 1 radical (unpaired) electrons. The third-order valence-corrected chi connectivity index (χ3v) is 3.68. The van der Waals surface area contributed by atoms with E-state index in [0.717, 1.165) is 10.4 Å². The molecule has 0 fully saturated rings. The van der Waals surface area contributed by atoms with E-state index in [0.29, 0.717) is 0 Å². The highest BCUT2D eigenvalue weighted by Gasteiger charge is 2.08. The van der Waals surface area contributed by atoms with Gasteiger partial charge in [0.05, 0.1) is 0 Å². The van der Waals surface area contributed by atoms with Gasteiger partial charge in [-0.2, -0.15) is 0 Å². The minimum Gasteiger partial charge on any atom is -0.0654 e. The van der Waals surface area contributed by atoms with Crippen molar-refractivity contribution in [3.05, 3.63) is 34.3 Å². The van der Waals surface area contributed by atoms with Gasteiger partial charge in [0.2, 0.25) is 0 Å². The standard InChI is InChI=1S/C14H20Br/c1-3-5-8-12(4-2)11-13-9-6-7-10-14(13)15/h6-7,9,12H,3-5,8,11H2,1-2H3. The molecule has 1 rings (SSSR count). The molecule has 0 spiro atoms. The monoisotopic (exact) mass is 267 g/mol. The second-order valence-corrected chi connectivity index (χ2v) is 4.92. The van der Waals surface area contributed by atoms with Gasteiger partial charge in [-0.25, -0.2) is 0 Å². The number of halogens is 1. The second kappa shape index (κ2) is 7.05. The predicted molar refractivity (Wildman–Crippen MR) is 70.0 cm³/mol. The van der Waals surface area contributed by atoms with Crippen LogP contribution in [0.25, 0.3) is 0 Å². The summed E-state index contributed by atoms with van der Waals surface area (Å²) >= 11 is 3.57. The van der Waals surface area contributed by atoms with Gasteiger partial charge in [0.25, 0.3) is 0 Å². The summed E-state index contributed by atoms with van der Waals surface area (Å²) in [4.78, 5) is 0. The lowest BCUT2D eigenvalue weighted by Gasteiger charge is -2.15. The number of benzene rings is 1. The van der Waals surface area contributed by atoms with Crippen molar-refractivity contribution in [1.82, 2.24) is 0 Å². The summed E-state index contributed by atoms with van der Waals surface area (Å²) in [7, 11) is 0. The molecule has 0 heterocycles. The van der Waals surface area contributed by atoms with E-state index in [2.05, 4.69) is 48.0 Å². The molecule has 0 saturated heterocycles. The van der Waals surface area contributed by atoms with Crippen molar-refractivity contribution >= 4 is 15.9 Å². The van der Waals surface area contributed by atoms with Gasteiger partial charge in [0, 0.05) is 4.47 Å². The Bertz CT molecular complexity index is 280. The van der Waals surface area contributed by atoms with Crippen LogP contribution in [0.15, 0.2) is 22.7 Å². The summed E-state index contributed by atoms with van der Waals surface area (Å²) in [5.74, 6) is 0.831. The van der Waals surface area contributed by atoms with E-state index < -0.39 is 0 Å². The molecule has 0 aliphatic rings. The first-order valence-electron chi connectivity index (χ1n) is 5.93. The van der Waals surface area contributed by atoms with Crippen LogP contribution >= 0.6 is 15.9 Å². The Labute approximate surface area is 102 Å². The first kappa shape index (κ1) is 12.8. The van der Waals surface area contributed by atoms with Crippen molar-refractivity contribution in [2.24, 2.45) is 5.92 Å². The lowest BCUT2D eigenvalue weighted by molar-refractivity contribution is 0.448. The third-order valence-electron chi connectivity index (χ3n) is 2.94. The Morgan fingerprint density at radius 2 is 2.20 bits per heavy atom. The SMILES string of the molecule is CCCCC(CC)Cc1ccc[c]c1Br. The molecule has 0 bridgehead atoms. The molecule has 1 unspecified atom stereocenters. The van der Waals surface area contributed by atoms with Crippen LogP contribution in [0.1, 0.15) is 45.1 Å². The molecular weight excluding hydrogens is 248 g/mol. The summed E-state index contributed by atoms with van der Waals surface area (Å²) in [6.45, 7) is 4.56. The topological polar surface area (TPSA) is 0 Å². The van der Waals surface area contributed by atoms with E-state index in [1.165, 1.54) is 37.7 Å². The van der Waals surface area contributed by atoms with Gasteiger partial charge < -0.3 is 0 Å². The lowest BCUT2D eigenvalue weighted by atomic mass is 9.92. The Hall–Kier alpha value is -0.300. The van der Waals surface area contributed by atoms with Crippen LogP contribution < -0.4 is 0 Å². The minimum absolute atomic E-state index is 0.831. The Morgan fingerprint density at radius 1 is 1.40 bits per heavy atom. The summed E-state index contributed by atoms with van der Waals surface area (Å²) in [6, 6.07) is 9.44. The number of rotatable bonds is 6. The zero-order valence-electron chi connectivity index (χ0n) is 9.72. The fraction of sp³-hybridized carbons (Fsp3) is 0.571. The molecular formula is C14H20Br. The van der Waals surface area contributed by atoms with Crippen molar-refractivity contribution in [2.45, 2.75) is 46.0 Å². The molecule has 83 valence electrons. The van der Waals surface area contributed by atoms with E-state index in [4.69, 9.17) is 0 Å². The zero-order valence-corrected chi connectivity index (χ0v) is 11.3. The highest BCUT2D eigenvalue weighted by Crippen LogP contribution is 2.23. The van der Waals surface area contributed by atoms with E-state index in [-0.39, 0.29) is 0 Å². The van der Waals surface area contributed by atoms with Crippen LogP contribution in [0.4, 0.5) is 0 Å². The summed E-state index contributed by atoms with van der Waals surface area (Å²) in [6.07, 6.45) is 6.48. The highest BCUT2D eigenvalue weighted by molar-refractivity contribution is 9.10. The van der Waals surface area contributed by atoms with E-state index in [1.807, 2.05) is 6.07 Å². The van der Waals surface area contributed by atoms with Crippen molar-refractivity contribution < 1.29 is 0 Å². The van der Waals surface area contributed by atoms with Gasteiger partial charge in [0.15, 0.2) is 0 Å². The molecule has 15 heavy (non-hydrogen) atoms. The molecule has 0 amide bonds. The molecule has 1 heteroatoms. The molecule has 1 atom stereocenters. The minimum atomic E-state index is 0.831. The van der Waals surface area contributed by atoms with Gasteiger partial charge in [-0.05, 0) is 39.9 Å². The largest absolute Gasteiger partial charge is 0.0654 e. The third kappa shape index (κ3) is 4.38. The van der Waals surface area contributed by atoms with E-state index in [1.54, 1.807) is 0 Å². The van der Waals surface area contributed by atoms with Crippen molar-refractivity contribution in [2.75, 3.05) is 0 Å². The molecule has 0 aromatic heterocycles. The van der Waals surface area contributed by atoms with Crippen LogP contribution in [-0.2, 0) is 6.42 Å². The van der Waals surface area contributed by atoms with Crippen LogP contribution in [0.2, 0.25) is 0 Å². The predicted octanol–water partition coefficient (Wildman–Crippen LogP) is 5.01. The van der Waals surface area contributed by atoms with Crippen molar-refractivity contribution in [3.8, 4) is 0 Å². The molecule has 1 aromatic carbocycles. The summed E-state index contributed by atoms with van der Waals surface area (Å²) in [5, 5.41) is 0. The molecule has 0 N–H and O–H groups in total. The number of hydrogen-bond acceptors (Lipinski definition) is 0. The molecule has 0 nitrogen and oxygen atoms in total. The number of hydrogen-bond donors (Lipinski definition) is 0. The van der Waals surface area contributed by atoms with E-state index in [9.17, 15) is 0 Å². The smallest absolute Gasteiger partial charge is 0.0286 e. The van der Waals surface area contributed by atoms with Crippen LogP contribution in [0.3, 0.4) is 0 Å². The molecule has 0 aliphatic heterocycles. The van der Waals surface area contributed by atoms with E-state index >= 15 is 0 Å². The molecule has 0 aliphatic carbocycles. The Kier molecular flexibility index (Phi) is 6.00. The lowest BCUT2D eigenvalue weighted by Crippen LogP contribution is -2.03. The summed E-state index contributed by atoms with van der Waals surface area (Å²) < 4.78 is 1.14. The van der Waals surface area contributed by atoms with Gasteiger partial charge in [0.1, 0.15) is 0 Å². The zero-order chi connectivity index (χ0) is 11.1. The normalized spacial score (nSPS) is 12.7. The Balaban J connectivity index is 2.54. The Morgan fingerprint density at radius 3 is 2.80 bits per heavy atom. The quantitative estimate of drug-likeness (QED) is 0.680. The van der Waals surface area contributed by atoms with Gasteiger partial charge in [-0.15, -0.1) is 0 Å². The van der Waals surface area contributed by atoms with Crippen molar-refractivity contribution in [3.63, 3.8) is 0 Å². The van der Waals surface area contributed by atoms with Gasteiger partial charge in [-0.3, -0.25) is 0 Å². The second-order valence-electron chi connectivity index (χ2n) is 4.13. The average Bonchev–Trinajstić information content (AvgIpc) is 2.26. The van der Waals surface area contributed by atoms with Crippen LogP contribution in [0.5, 0.6) is 0 Å². The van der Waals surface area contributed by atoms with Crippen LogP contribution in [-0.4, -0.2) is 0 Å². The maximum absolute atomic E-state index is 3.57. The number of unbranched alkanes of at least 4 members (excludes halogenated alkanes) is 1. The maximum Gasteiger partial charge on any atom is 0.0286 e. The van der Waals surface area contributed by atoms with Crippen molar-refractivity contribution in [1.29, 1.82) is 0 Å². The molecule has 0 saturated carbocycles.